The van der Waals surface area contributed by atoms with E-state index in [1.54, 1.807) is 17.0 Å². The average Bonchev–Trinajstić information content (AvgIpc) is 3.12. The quantitative estimate of drug-likeness (QED) is 0.598. The van der Waals surface area contributed by atoms with E-state index in [1.165, 1.54) is 4.90 Å². The van der Waals surface area contributed by atoms with Crippen molar-refractivity contribution in [3.05, 3.63) is 75.6 Å². The van der Waals surface area contributed by atoms with Gasteiger partial charge in [0.25, 0.3) is 5.91 Å². The lowest BCUT2D eigenvalue weighted by Crippen LogP contribution is -3.14. The van der Waals surface area contributed by atoms with Crippen LogP contribution in [-0.2, 0) is 4.74 Å². The monoisotopic (exact) mass is 449 g/mol. The molecule has 0 unspecified atom stereocenters. The lowest BCUT2D eigenvalue weighted by Gasteiger charge is -2.27. The number of ether oxygens (including phenoxy) is 2. The second-order valence-corrected chi connectivity index (χ2v) is 8.54. The Balaban J connectivity index is 1.50. The largest absolute Gasteiger partial charge is 0.494 e. The van der Waals surface area contributed by atoms with Crippen molar-refractivity contribution in [3.63, 3.8) is 0 Å². The Morgan fingerprint density at radius 3 is 2.58 bits per heavy atom. The number of nitrogens with zero attached hydrogens (tertiary/aromatic N) is 1. The van der Waals surface area contributed by atoms with Crippen LogP contribution >= 0.6 is 0 Å². The summed E-state index contributed by atoms with van der Waals surface area (Å²) in [5.41, 5.74) is 1.62. The fraction of sp³-hybridized carbons (Fsp3) is 0.385. The summed E-state index contributed by atoms with van der Waals surface area (Å²) in [6.45, 7) is 7.57. The molecule has 0 aliphatic carbocycles. The summed E-state index contributed by atoms with van der Waals surface area (Å²) in [6, 6.07) is 14.3. The van der Waals surface area contributed by atoms with Crippen molar-refractivity contribution >= 4 is 16.9 Å². The molecule has 7 nitrogen and oxygen atoms in total. The number of fused-ring (bicyclic) bond motifs is 2. The first-order valence-corrected chi connectivity index (χ1v) is 11.7. The smallest absolute Gasteiger partial charge is 0.290 e. The standard InChI is InChI=1S/C26H28N2O5/c1-2-32-19-10-8-18(9-11-19)23-22-24(29)20-6-3-4-7-21(20)33-25(22)26(30)28(23)13-5-12-27-14-16-31-17-15-27/h3-4,6-11,23H,2,5,12-17H2,1H3/p+1/t23-/m0/s1. The lowest BCUT2D eigenvalue weighted by molar-refractivity contribution is -0.908. The normalized spacial score (nSPS) is 18.6. The average molecular weight is 450 g/mol. The minimum absolute atomic E-state index is 0.139. The molecule has 0 spiro atoms. The van der Waals surface area contributed by atoms with E-state index < -0.39 is 6.04 Å². The van der Waals surface area contributed by atoms with Gasteiger partial charge < -0.3 is 23.7 Å². The maximum atomic E-state index is 13.5. The summed E-state index contributed by atoms with van der Waals surface area (Å²) in [4.78, 5) is 30.3. The van der Waals surface area contributed by atoms with Crippen LogP contribution in [0.1, 0.15) is 41.1 Å². The number of nitrogens with one attached hydrogen (secondary N) is 1. The minimum atomic E-state index is -0.469. The van der Waals surface area contributed by atoms with E-state index in [9.17, 15) is 9.59 Å². The van der Waals surface area contributed by atoms with Crippen molar-refractivity contribution in [2.75, 3.05) is 46.0 Å². The Morgan fingerprint density at radius 2 is 1.82 bits per heavy atom. The molecule has 2 aromatic carbocycles. The van der Waals surface area contributed by atoms with E-state index in [0.29, 0.717) is 29.7 Å². The molecule has 0 saturated carbocycles. The third kappa shape index (κ3) is 4.14. The molecule has 2 aliphatic rings. The third-order valence-electron chi connectivity index (χ3n) is 6.51. The molecule has 0 bridgehead atoms. The topological polar surface area (TPSA) is 73.4 Å². The highest BCUT2D eigenvalue weighted by atomic mass is 16.5. The molecular formula is C26H29N2O5+. The van der Waals surface area contributed by atoms with Crippen LogP contribution in [0, 0.1) is 0 Å². The summed E-state index contributed by atoms with van der Waals surface area (Å²) in [5.74, 6) is 0.707. The molecule has 3 heterocycles. The van der Waals surface area contributed by atoms with E-state index in [-0.39, 0.29) is 17.1 Å². The van der Waals surface area contributed by atoms with Gasteiger partial charge in [0.1, 0.15) is 24.4 Å². The molecule has 1 aromatic heterocycles. The summed E-state index contributed by atoms with van der Waals surface area (Å²) < 4.78 is 17.0. The van der Waals surface area contributed by atoms with Crippen LogP contribution in [-0.4, -0.2) is 56.8 Å². The molecule has 2 aliphatic heterocycles. The van der Waals surface area contributed by atoms with Crippen molar-refractivity contribution < 1.29 is 23.6 Å². The number of carbonyl (C=O) groups excluding carboxylic acids is 1. The Hall–Kier alpha value is -3.16. The molecular weight excluding hydrogens is 420 g/mol. The zero-order valence-electron chi connectivity index (χ0n) is 18.8. The number of quaternary nitrogens is 1. The summed E-state index contributed by atoms with van der Waals surface area (Å²) in [7, 11) is 0. The lowest BCUT2D eigenvalue weighted by atomic mass is 9.98. The van der Waals surface area contributed by atoms with Crippen molar-refractivity contribution in [1.29, 1.82) is 0 Å². The molecule has 1 amide bonds. The van der Waals surface area contributed by atoms with E-state index in [2.05, 4.69) is 0 Å². The van der Waals surface area contributed by atoms with Gasteiger partial charge in [-0.3, -0.25) is 9.59 Å². The van der Waals surface area contributed by atoms with E-state index in [0.717, 1.165) is 50.6 Å². The van der Waals surface area contributed by atoms with Crippen LogP contribution in [0.15, 0.2) is 57.7 Å². The number of hydrogen-bond acceptors (Lipinski definition) is 5. The number of amides is 1. The Bertz CT molecular complexity index is 1200. The van der Waals surface area contributed by atoms with Crippen molar-refractivity contribution in [2.24, 2.45) is 0 Å². The number of morpholine rings is 1. The third-order valence-corrected chi connectivity index (χ3v) is 6.51. The van der Waals surface area contributed by atoms with Crippen LogP contribution in [0.25, 0.3) is 11.0 Å². The first-order chi connectivity index (χ1) is 16.2. The Labute approximate surface area is 192 Å². The fourth-order valence-corrected chi connectivity index (χ4v) is 4.87. The van der Waals surface area contributed by atoms with Gasteiger partial charge in [0.05, 0.1) is 43.4 Å². The molecule has 7 heteroatoms. The molecule has 33 heavy (non-hydrogen) atoms. The molecule has 1 saturated heterocycles. The van der Waals surface area contributed by atoms with Crippen molar-refractivity contribution in [2.45, 2.75) is 19.4 Å². The molecule has 0 radical (unpaired) electrons. The highest BCUT2D eigenvalue weighted by Crippen LogP contribution is 2.38. The maximum absolute atomic E-state index is 13.5. The van der Waals surface area contributed by atoms with Gasteiger partial charge in [-0.05, 0) is 36.8 Å². The molecule has 1 atom stereocenters. The van der Waals surface area contributed by atoms with E-state index in [4.69, 9.17) is 13.9 Å². The Kier molecular flexibility index (Phi) is 6.15. The van der Waals surface area contributed by atoms with Gasteiger partial charge in [-0.1, -0.05) is 24.3 Å². The van der Waals surface area contributed by atoms with Crippen LogP contribution in [0.4, 0.5) is 0 Å². The van der Waals surface area contributed by atoms with Crippen LogP contribution in [0.5, 0.6) is 5.75 Å². The number of benzene rings is 2. The van der Waals surface area contributed by atoms with Gasteiger partial charge in [-0.2, -0.15) is 0 Å². The number of hydrogen-bond donors (Lipinski definition) is 1. The van der Waals surface area contributed by atoms with Crippen molar-refractivity contribution in [3.8, 4) is 5.75 Å². The first-order valence-electron chi connectivity index (χ1n) is 11.7. The summed E-state index contributed by atoms with van der Waals surface area (Å²) in [6.07, 6.45) is 0.844. The highest BCUT2D eigenvalue weighted by Gasteiger charge is 2.42. The van der Waals surface area contributed by atoms with Gasteiger partial charge in [0.15, 0.2) is 5.43 Å². The number of carbonyl (C=O) groups is 1. The van der Waals surface area contributed by atoms with E-state index in [1.807, 2.05) is 43.3 Å². The predicted octanol–water partition coefficient (Wildman–Crippen LogP) is 2.04. The van der Waals surface area contributed by atoms with Crippen LogP contribution < -0.4 is 15.1 Å². The fourth-order valence-electron chi connectivity index (χ4n) is 4.87. The van der Waals surface area contributed by atoms with Gasteiger partial charge in [-0.15, -0.1) is 0 Å². The first kappa shape index (κ1) is 21.7. The zero-order chi connectivity index (χ0) is 22.8. The second kappa shape index (κ2) is 9.37. The molecule has 1 fully saturated rings. The van der Waals surface area contributed by atoms with Crippen molar-refractivity contribution in [1.82, 2.24) is 4.90 Å². The zero-order valence-corrected chi connectivity index (χ0v) is 18.8. The van der Waals surface area contributed by atoms with Gasteiger partial charge >= 0.3 is 0 Å². The molecule has 5 rings (SSSR count). The minimum Gasteiger partial charge on any atom is -0.494 e. The summed E-state index contributed by atoms with van der Waals surface area (Å²) in [5, 5.41) is 0.500. The van der Waals surface area contributed by atoms with E-state index >= 15 is 0 Å². The van der Waals surface area contributed by atoms with Crippen LogP contribution in [0.2, 0.25) is 0 Å². The summed E-state index contributed by atoms with van der Waals surface area (Å²) >= 11 is 0. The number of rotatable bonds is 7. The van der Waals surface area contributed by atoms with Gasteiger partial charge in [-0.25, -0.2) is 0 Å². The van der Waals surface area contributed by atoms with Gasteiger partial charge in [0, 0.05) is 13.0 Å². The highest BCUT2D eigenvalue weighted by molar-refractivity contribution is 5.99. The molecule has 3 aromatic rings. The van der Waals surface area contributed by atoms with Gasteiger partial charge in [0.2, 0.25) is 5.76 Å². The second-order valence-electron chi connectivity index (χ2n) is 8.54. The van der Waals surface area contributed by atoms with Crippen LogP contribution in [0.3, 0.4) is 0 Å². The molecule has 1 N–H and O–H groups in total. The number of para-hydroxylation sites is 1. The molecule has 172 valence electrons. The predicted molar refractivity (Wildman–Crippen MR) is 124 cm³/mol. The Morgan fingerprint density at radius 1 is 1.06 bits per heavy atom. The SMILES string of the molecule is CCOc1ccc([C@H]2c3c(oc4ccccc4c3=O)C(=O)N2CCC[NH+]2CCOCC2)cc1. The maximum Gasteiger partial charge on any atom is 0.290 e.